The van der Waals surface area contributed by atoms with Gasteiger partial charge in [0.1, 0.15) is 0 Å². The first-order chi connectivity index (χ1) is 7.61. The van der Waals surface area contributed by atoms with Crippen LogP contribution in [-0.2, 0) is 6.42 Å². The molecule has 4 heteroatoms. The summed E-state index contributed by atoms with van der Waals surface area (Å²) in [6.07, 6.45) is 0.0182. The zero-order chi connectivity index (χ0) is 12.0. The molecular formula is C12H17NO3. The fourth-order valence-electron chi connectivity index (χ4n) is 1.64. The van der Waals surface area contributed by atoms with Crippen LogP contribution in [-0.4, -0.2) is 22.9 Å². The van der Waals surface area contributed by atoms with Crippen LogP contribution >= 0.6 is 0 Å². The van der Waals surface area contributed by atoms with Gasteiger partial charge in [-0.3, -0.25) is 0 Å². The molecule has 4 nitrogen and oxygen atoms in total. The molecule has 0 aliphatic heterocycles. The molecule has 0 aromatic heterocycles. The number of nitrogens with one attached hydrogen (secondary N) is 1. The van der Waals surface area contributed by atoms with E-state index >= 15 is 0 Å². The minimum atomic E-state index is -0.996. The number of aryl methyl sites for hydroxylation is 1. The van der Waals surface area contributed by atoms with Crippen LogP contribution in [0.3, 0.4) is 0 Å². The third kappa shape index (κ3) is 3.90. The lowest BCUT2D eigenvalue weighted by Crippen LogP contribution is -2.22. The molecule has 1 unspecified atom stereocenters. The van der Waals surface area contributed by atoms with E-state index in [1.165, 1.54) is 0 Å². The number of amides is 1. The number of rotatable bonds is 5. The molecule has 1 rings (SSSR count). The number of carboxylic acid groups (broad SMARTS) is 1. The van der Waals surface area contributed by atoms with Crippen LogP contribution in [0.4, 0.5) is 4.79 Å². The largest absolute Gasteiger partial charge is 0.465 e. The zero-order valence-corrected chi connectivity index (χ0v) is 9.31. The van der Waals surface area contributed by atoms with E-state index in [2.05, 4.69) is 5.32 Å². The lowest BCUT2D eigenvalue weighted by molar-refractivity contribution is 0.193. The summed E-state index contributed by atoms with van der Waals surface area (Å²) in [6, 6.07) is 7.67. The van der Waals surface area contributed by atoms with Crippen molar-refractivity contribution in [2.45, 2.75) is 25.9 Å². The highest BCUT2D eigenvalue weighted by atomic mass is 16.4. The Morgan fingerprint density at radius 3 is 2.75 bits per heavy atom. The Hall–Kier alpha value is -1.55. The van der Waals surface area contributed by atoms with Crippen LogP contribution in [0.25, 0.3) is 0 Å². The summed E-state index contributed by atoms with van der Waals surface area (Å²) in [6.45, 7) is 2.16. The van der Waals surface area contributed by atoms with Gasteiger partial charge in [0, 0.05) is 6.54 Å². The average Bonchev–Trinajstić information content (AvgIpc) is 2.24. The first-order valence-corrected chi connectivity index (χ1v) is 5.34. The highest BCUT2D eigenvalue weighted by Crippen LogP contribution is 2.18. The summed E-state index contributed by atoms with van der Waals surface area (Å²) in [4.78, 5) is 10.2. The van der Waals surface area contributed by atoms with Crippen LogP contribution in [0, 0.1) is 0 Å². The molecule has 0 radical (unpaired) electrons. The van der Waals surface area contributed by atoms with Gasteiger partial charge < -0.3 is 15.5 Å². The van der Waals surface area contributed by atoms with Crippen molar-refractivity contribution in [3.63, 3.8) is 0 Å². The molecule has 1 atom stereocenters. The number of aliphatic hydroxyl groups is 1. The first-order valence-electron chi connectivity index (χ1n) is 5.34. The summed E-state index contributed by atoms with van der Waals surface area (Å²) < 4.78 is 0. The maximum atomic E-state index is 10.2. The normalized spacial score (nSPS) is 12.1. The van der Waals surface area contributed by atoms with Crippen LogP contribution in [0.5, 0.6) is 0 Å². The van der Waals surface area contributed by atoms with Crippen molar-refractivity contribution in [2.75, 3.05) is 6.54 Å². The second kappa shape index (κ2) is 6.12. The van der Waals surface area contributed by atoms with Crippen molar-refractivity contribution in [2.24, 2.45) is 0 Å². The van der Waals surface area contributed by atoms with E-state index in [-0.39, 0.29) is 0 Å². The number of hydrogen-bond donors (Lipinski definition) is 3. The lowest BCUT2D eigenvalue weighted by atomic mass is 9.99. The third-order valence-electron chi connectivity index (χ3n) is 2.40. The summed E-state index contributed by atoms with van der Waals surface area (Å²) in [5, 5.41) is 20.3. The summed E-state index contributed by atoms with van der Waals surface area (Å²) in [5.74, 6) is 0. The second-order valence-electron chi connectivity index (χ2n) is 3.71. The summed E-state index contributed by atoms with van der Waals surface area (Å²) in [7, 11) is 0. The molecule has 0 fully saturated rings. The van der Waals surface area contributed by atoms with Gasteiger partial charge >= 0.3 is 6.09 Å². The molecule has 0 bridgehead atoms. The molecule has 0 saturated heterocycles. The van der Waals surface area contributed by atoms with E-state index in [0.717, 1.165) is 24.0 Å². The van der Waals surface area contributed by atoms with Crippen molar-refractivity contribution in [3.8, 4) is 0 Å². The quantitative estimate of drug-likeness (QED) is 0.668. The highest BCUT2D eigenvalue weighted by molar-refractivity contribution is 5.64. The topological polar surface area (TPSA) is 69.6 Å². The van der Waals surface area contributed by atoms with Crippen LogP contribution in [0.2, 0.25) is 0 Å². The monoisotopic (exact) mass is 223 g/mol. The second-order valence-corrected chi connectivity index (χ2v) is 3.71. The predicted molar refractivity (Wildman–Crippen MR) is 61.4 cm³/mol. The van der Waals surface area contributed by atoms with Gasteiger partial charge in [0.25, 0.3) is 0 Å². The van der Waals surface area contributed by atoms with Crippen molar-refractivity contribution in [1.82, 2.24) is 5.32 Å². The van der Waals surface area contributed by atoms with Crippen LogP contribution in [0.1, 0.15) is 30.6 Å². The number of carbonyl (C=O) groups is 1. The molecular weight excluding hydrogens is 206 g/mol. The molecule has 16 heavy (non-hydrogen) atoms. The number of aliphatic hydroxyl groups excluding tert-OH is 1. The molecule has 0 spiro atoms. The van der Waals surface area contributed by atoms with Crippen molar-refractivity contribution < 1.29 is 15.0 Å². The lowest BCUT2D eigenvalue weighted by Gasteiger charge is -2.11. The van der Waals surface area contributed by atoms with Gasteiger partial charge in [0.15, 0.2) is 0 Å². The smallest absolute Gasteiger partial charge is 0.404 e. The Morgan fingerprint density at radius 2 is 2.12 bits per heavy atom. The molecule has 1 aromatic rings. The van der Waals surface area contributed by atoms with Gasteiger partial charge in [0.05, 0.1) is 6.10 Å². The molecule has 0 saturated carbocycles. The number of hydrogen-bond acceptors (Lipinski definition) is 2. The molecule has 1 aromatic carbocycles. The van der Waals surface area contributed by atoms with Gasteiger partial charge in [-0.2, -0.15) is 0 Å². The minimum Gasteiger partial charge on any atom is -0.465 e. The Kier molecular flexibility index (Phi) is 4.79. The van der Waals surface area contributed by atoms with Crippen LogP contribution < -0.4 is 5.32 Å². The van der Waals surface area contributed by atoms with Gasteiger partial charge in [0.2, 0.25) is 0 Å². The molecule has 3 N–H and O–H groups in total. The fourth-order valence-corrected chi connectivity index (χ4v) is 1.64. The Bertz CT molecular complexity index is 350. The summed E-state index contributed by atoms with van der Waals surface area (Å²) >= 11 is 0. The van der Waals surface area contributed by atoms with E-state index in [9.17, 15) is 9.90 Å². The summed E-state index contributed by atoms with van der Waals surface area (Å²) in [5.41, 5.74) is 1.99. The van der Waals surface area contributed by atoms with Crippen molar-refractivity contribution in [1.29, 1.82) is 0 Å². The van der Waals surface area contributed by atoms with Gasteiger partial charge in [-0.25, -0.2) is 4.79 Å². The first kappa shape index (κ1) is 12.5. The van der Waals surface area contributed by atoms with Crippen molar-refractivity contribution in [3.05, 3.63) is 35.4 Å². The predicted octanol–water partition coefficient (Wildman–Crippen LogP) is 1.94. The Morgan fingerprint density at radius 1 is 1.44 bits per heavy atom. The van der Waals surface area contributed by atoms with Crippen molar-refractivity contribution >= 4 is 6.09 Å². The Balaban J connectivity index is 2.50. The molecule has 1 amide bonds. The van der Waals surface area contributed by atoms with E-state index in [4.69, 9.17) is 5.11 Å². The average molecular weight is 223 g/mol. The maximum absolute atomic E-state index is 10.2. The van der Waals surface area contributed by atoms with E-state index in [1.54, 1.807) is 6.92 Å². The minimum absolute atomic E-state index is 0.434. The van der Waals surface area contributed by atoms with E-state index in [0.29, 0.717) is 6.54 Å². The van der Waals surface area contributed by atoms with Gasteiger partial charge in [-0.05, 0) is 30.9 Å². The fraction of sp³-hybridized carbons (Fsp3) is 0.417. The van der Waals surface area contributed by atoms with E-state index < -0.39 is 12.2 Å². The van der Waals surface area contributed by atoms with Crippen LogP contribution in [0.15, 0.2) is 24.3 Å². The Labute approximate surface area is 94.9 Å². The highest BCUT2D eigenvalue weighted by Gasteiger charge is 2.06. The standard InChI is InChI=1S/C12H17NO3/c1-9(14)11-7-3-2-5-10(11)6-4-8-13-12(15)16/h2-3,5,7,9,13-14H,4,6,8H2,1H3,(H,15,16). The maximum Gasteiger partial charge on any atom is 0.404 e. The van der Waals surface area contributed by atoms with Gasteiger partial charge in [-0.15, -0.1) is 0 Å². The zero-order valence-electron chi connectivity index (χ0n) is 9.31. The molecule has 0 aliphatic rings. The van der Waals surface area contributed by atoms with E-state index in [1.807, 2.05) is 24.3 Å². The molecule has 0 heterocycles. The molecule has 88 valence electrons. The SMILES string of the molecule is CC(O)c1ccccc1CCCNC(=O)O. The molecule has 0 aliphatic carbocycles. The third-order valence-corrected chi connectivity index (χ3v) is 2.40. The van der Waals surface area contributed by atoms with Gasteiger partial charge in [-0.1, -0.05) is 24.3 Å². The number of benzene rings is 1.